The molecule has 0 N–H and O–H groups in total. The van der Waals surface area contributed by atoms with Crippen LogP contribution in [0.15, 0.2) is 71.5 Å². The quantitative estimate of drug-likeness (QED) is 0.275. The average Bonchev–Trinajstić information content (AvgIpc) is 3.47. The van der Waals surface area contributed by atoms with Crippen molar-refractivity contribution in [2.45, 2.75) is 12.8 Å². The maximum Gasteiger partial charge on any atom is 0.270 e. The Morgan fingerprint density at radius 1 is 1.18 bits per heavy atom. The van der Waals surface area contributed by atoms with E-state index in [2.05, 4.69) is 16.0 Å². The zero-order valence-electron chi connectivity index (χ0n) is 18.4. The fourth-order valence-corrected chi connectivity index (χ4v) is 5.35. The normalized spacial score (nSPS) is 18.0. The Bertz CT molecular complexity index is 1360. The lowest BCUT2D eigenvalue weighted by molar-refractivity contribution is -0.384. The minimum absolute atomic E-state index is 0.0759. The van der Waals surface area contributed by atoms with Gasteiger partial charge in [0.15, 0.2) is 0 Å². The van der Waals surface area contributed by atoms with Gasteiger partial charge in [0, 0.05) is 30.9 Å². The summed E-state index contributed by atoms with van der Waals surface area (Å²) in [6.45, 7) is 2.82. The van der Waals surface area contributed by atoms with Crippen molar-refractivity contribution >= 4 is 38.9 Å². The largest absolute Gasteiger partial charge is 0.378 e. The van der Waals surface area contributed by atoms with Crippen molar-refractivity contribution < 1.29 is 9.66 Å². The summed E-state index contributed by atoms with van der Waals surface area (Å²) in [4.78, 5) is 17.8. The number of morpholine rings is 1. The molecular formula is C26H22N4O3S. The molecule has 2 aromatic carbocycles. The third-order valence-corrected chi connectivity index (χ3v) is 7.05. The van der Waals surface area contributed by atoms with Crippen molar-refractivity contribution in [2.24, 2.45) is 0 Å². The summed E-state index contributed by atoms with van der Waals surface area (Å²) in [5, 5.41) is 21.9. The highest BCUT2D eigenvalue weighted by atomic mass is 32.1. The number of hydrogen-bond acceptors (Lipinski definition) is 7. The highest BCUT2D eigenvalue weighted by Crippen LogP contribution is 2.38. The average molecular weight is 471 g/mol. The van der Waals surface area contributed by atoms with Crippen molar-refractivity contribution in [3.05, 3.63) is 92.1 Å². The summed E-state index contributed by atoms with van der Waals surface area (Å²) in [5.74, 6) is 0. The number of nitro benzene ring substituents is 1. The topological polar surface area (TPSA) is 92.3 Å². The van der Waals surface area contributed by atoms with Crippen LogP contribution in [0.5, 0.6) is 0 Å². The van der Waals surface area contributed by atoms with Crippen LogP contribution in [0.4, 0.5) is 5.69 Å². The molecule has 1 aliphatic heterocycles. The number of thiazole rings is 1. The maximum absolute atomic E-state index is 11.2. The van der Waals surface area contributed by atoms with Crippen molar-refractivity contribution in [2.75, 3.05) is 26.3 Å². The number of fused-ring (bicyclic) bond motifs is 1. The van der Waals surface area contributed by atoms with Crippen molar-refractivity contribution in [3.8, 4) is 6.07 Å². The van der Waals surface area contributed by atoms with Gasteiger partial charge in [0.05, 0.1) is 33.9 Å². The Hall–Kier alpha value is -3.80. The Morgan fingerprint density at radius 2 is 2.00 bits per heavy atom. The number of nitro groups is 1. The minimum Gasteiger partial charge on any atom is -0.378 e. The molecule has 3 aromatic rings. The Labute approximate surface area is 201 Å². The molecule has 2 aliphatic rings. The third kappa shape index (κ3) is 4.49. The first kappa shape index (κ1) is 22.0. The number of ether oxygens (including phenoxy) is 1. The number of nitrogens with zero attached hydrogens (tertiary/aromatic N) is 4. The highest BCUT2D eigenvalue weighted by molar-refractivity contribution is 7.19. The smallest absolute Gasteiger partial charge is 0.270 e. The zero-order chi connectivity index (χ0) is 23.5. The summed E-state index contributed by atoms with van der Waals surface area (Å²) in [7, 11) is 0. The Morgan fingerprint density at radius 3 is 2.76 bits per heavy atom. The van der Waals surface area contributed by atoms with Gasteiger partial charge in [-0.15, -0.1) is 11.3 Å². The van der Waals surface area contributed by atoms with Crippen LogP contribution >= 0.6 is 11.3 Å². The SMILES string of the molecule is N#C/C(=C/C1=C(N2CCOCC2)C(=C\c2cccc([N+](=O)[O-])c2)/CC1)c1nc2ccccc2s1. The van der Waals surface area contributed by atoms with Gasteiger partial charge in [-0.05, 0) is 53.8 Å². The van der Waals surface area contributed by atoms with E-state index in [-0.39, 0.29) is 10.6 Å². The van der Waals surface area contributed by atoms with E-state index < -0.39 is 0 Å². The molecule has 0 spiro atoms. The Kier molecular flexibility index (Phi) is 6.21. The summed E-state index contributed by atoms with van der Waals surface area (Å²) in [6.07, 6.45) is 5.60. The molecular weight excluding hydrogens is 448 g/mol. The molecule has 1 fully saturated rings. The lowest BCUT2D eigenvalue weighted by atomic mass is 10.1. The van der Waals surface area contributed by atoms with Gasteiger partial charge in [0.1, 0.15) is 11.1 Å². The fraction of sp³-hybridized carbons (Fsp3) is 0.231. The summed E-state index contributed by atoms with van der Waals surface area (Å²) < 4.78 is 6.61. The molecule has 1 aliphatic carbocycles. The lowest BCUT2D eigenvalue weighted by Gasteiger charge is -2.31. The van der Waals surface area contributed by atoms with Crippen LogP contribution in [0.2, 0.25) is 0 Å². The van der Waals surface area contributed by atoms with Gasteiger partial charge in [0.25, 0.3) is 5.69 Å². The fourth-order valence-electron chi connectivity index (χ4n) is 4.42. The zero-order valence-corrected chi connectivity index (χ0v) is 19.3. The van der Waals surface area contributed by atoms with Crippen LogP contribution in [-0.2, 0) is 4.74 Å². The predicted octanol–water partition coefficient (Wildman–Crippen LogP) is 5.58. The lowest BCUT2D eigenvalue weighted by Crippen LogP contribution is -2.36. The molecule has 5 rings (SSSR count). The molecule has 0 radical (unpaired) electrons. The van der Waals surface area contributed by atoms with Crippen molar-refractivity contribution in [3.63, 3.8) is 0 Å². The third-order valence-electron chi connectivity index (χ3n) is 5.98. The van der Waals surface area contributed by atoms with Crippen LogP contribution < -0.4 is 0 Å². The molecule has 2 heterocycles. The van der Waals surface area contributed by atoms with E-state index in [1.807, 2.05) is 42.5 Å². The first-order chi connectivity index (χ1) is 16.6. The van der Waals surface area contributed by atoms with Gasteiger partial charge < -0.3 is 9.64 Å². The van der Waals surface area contributed by atoms with E-state index in [0.29, 0.717) is 23.8 Å². The molecule has 170 valence electrons. The molecule has 1 saturated heterocycles. The Balaban J connectivity index is 1.58. The monoisotopic (exact) mass is 470 g/mol. The van der Waals surface area contributed by atoms with Gasteiger partial charge in [-0.1, -0.05) is 24.3 Å². The van der Waals surface area contributed by atoms with E-state index in [4.69, 9.17) is 4.74 Å². The predicted molar refractivity (Wildman–Crippen MR) is 133 cm³/mol. The van der Waals surface area contributed by atoms with Gasteiger partial charge in [-0.25, -0.2) is 4.98 Å². The number of non-ortho nitro benzene ring substituents is 1. The molecule has 8 heteroatoms. The first-order valence-electron chi connectivity index (χ1n) is 11.1. The summed E-state index contributed by atoms with van der Waals surface area (Å²) in [5.41, 5.74) is 5.63. The second-order valence-corrected chi connectivity index (χ2v) is 9.18. The second kappa shape index (κ2) is 9.59. The number of allylic oxidation sites excluding steroid dienone is 4. The van der Waals surface area contributed by atoms with E-state index in [1.165, 1.54) is 17.4 Å². The highest BCUT2D eigenvalue weighted by Gasteiger charge is 2.26. The van der Waals surface area contributed by atoms with Gasteiger partial charge in [-0.2, -0.15) is 5.26 Å². The van der Waals surface area contributed by atoms with Gasteiger partial charge in [-0.3, -0.25) is 10.1 Å². The molecule has 0 saturated carbocycles. The minimum atomic E-state index is -0.374. The van der Waals surface area contributed by atoms with E-state index in [0.717, 1.165) is 58.6 Å². The van der Waals surface area contributed by atoms with Gasteiger partial charge in [0.2, 0.25) is 0 Å². The molecule has 0 amide bonds. The maximum atomic E-state index is 11.2. The number of benzene rings is 2. The number of nitriles is 1. The first-order valence-corrected chi connectivity index (χ1v) is 11.9. The molecule has 0 bridgehead atoms. The number of para-hydroxylation sites is 1. The number of rotatable bonds is 5. The van der Waals surface area contributed by atoms with E-state index in [9.17, 15) is 15.4 Å². The van der Waals surface area contributed by atoms with Crippen LogP contribution in [0.3, 0.4) is 0 Å². The molecule has 34 heavy (non-hydrogen) atoms. The summed E-state index contributed by atoms with van der Waals surface area (Å²) in [6, 6.07) is 16.9. The van der Waals surface area contributed by atoms with Crippen LogP contribution in [0.1, 0.15) is 23.4 Å². The summed E-state index contributed by atoms with van der Waals surface area (Å²) >= 11 is 1.52. The second-order valence-electron chi connectivity index (χ2n) is 8.15. The number of aromatic nitrogens is 1. The number of hydrogen-bond donors (Lipinski definition) is 0. The standard InChI is InChI=1S/C26H22N4O3S/c27-17-21(26-28-23-6-1-2-7-24(23)34-26)16-20-9-8-19(25(20)29-10-12-33-13-11-29)14-18-4-3-5-22(15-18)30(31)32/h1-7,14-16H,8-13H2/b19-14-,21-16-. The van der Waals surface area contributed by atoms with Crippen LogP contribution in [0, 0.1) is 21.4 Å². The van der Waals surface area contributed by atoms with E-state index >= 15 is 0 Å². The molecule has 0 atom stereocenters. The van der Waals surface area contributed by atoms with Crippen LogP contribution in [0.25, 0.3) is 21.9 Å². The molecule has 1 aromatic heterocycles. The molecule has 7 nitrogen and oxygen atoms in total. The van der Waals surface area contributed by atoms with E-state index in [1.54, 1.807) is 12.1 Å². The van der Waals surface area contributed by atoms with Gasteiger partial charge >= 0.3 is 0 Å². The van der Waals surface area contributed by atoms with Crippen LogP contribution in [-0.4, -0.2) is 41.1 Å². The van der Waals surface area contributed by atoms with Crippen molar-refractivity contribution in [1.29, 1.82) is 5.26 Å². The van der Waals surface area contributed by atoms with Crippen molar-refractivity contribution in [1.82, 2.24) is 9.88 Å². The molecule has 0 unspecified atom stereocenters.